The van der Waals surface area contributed by atoms with Crippen molar-refractivity contribution in [1.29, 1.82) is 0 Å². The van der Waals surface area contributed by atoms with Gasteiger partial charge < -0.3 is 10.2 Å². The number of piperidine rings is 1. The van der Waals surface area contributed by atoms with Gasteiger partial charge in [-0.15, -0.1) is 12.4 Å². The number of halogens is 1. The number of hydrogen-bond acceptors (Lipinski definition) is 2. The van der Waals surface area contributed by atoms with E-state index < -0.39 is 0 Å². The molecule has 0 unspecified atom stereocenters. The zero-order valence-corrected chi connectivity index (χ0v) is 15.6. The van der Waals surface area contributed by atoms with Crippen LogP contribution in [0.3, 0.4) is 0 Å². The predicted octanol–water partition coefficient (Wildman–Crippen LogP) is 4.16. The fraction of sp³-hybridized carbons (Fsp3) is 0.650. The molecule has 134 valence electrons. The largest absolute Gasteiger partial charge is 0.335 e. The molecule has 1 amide bonds. The molecule has 0 radical (unpaired) electrons. The molecule has 1 saturated heterocycles. The maximum atomic E-state index is 13.2. The number of rotatable bonds is 4. The zero-order chi connectivity index (χ0) is 16.1. The van der Waals surface area contributed by atoms with E-state index in [0.717, 1.165) is 25.9 Å². The molecule has 1 heterocycles. The Hall–Kier alpha value is -1.06. The Kier molecular flexibility index (Phi) is 7.57. The van der Waals surface area contributed by atoms with E-state index in [2.05, 4.69) is 41.4 Å². The van der Waals surface area contributed by atoms with Gasteiger partial charge in [0.05, 0.1) is 0 Å². The number of amides is 1. The smallest absolute Gasteiger partial charge is 0.226 e. The second kappa shape index (κ2) is 9.43. The SMILES string of the molecule is C[C@H]1C[C@@H](C(=O)N(Cc2ccccc2)C2CCCCC2)CCN1.Cl. The normalized spacial score (nSPS) is 24.9. The molecule has 2 atom stereocenters. The molecular weight excluding hydrogens is 320 g/mol. The van der Waals surface area contributed by atoms with Gasteiger partial charge in [-0.3, -0.25) is 4.79 Å². The molecule has 0 spiro atoms. The van der Waals surface area contributed by atoms with E-state index in [1.54, 1.807) is 0 Å². The monoisotopic (exact) mass is 350 g/mol. The molecule has 4 heteroatoms. The van der Waals surface area contributed by atoms with E-state index in [-0.39, 0.29) is 18.3 Å². The van der Waals surface area contributed by atoms with Gasteiger partial charge in [0.15, 0.2) is 0 Å². The van der Waals surface area contributed by atoms with Gasteiger partial charge in [0.25, 0.3) is 0 Å². The first-order chi connectivity index (χ1) is 11.2. The van der Waals surface area contributed by atoms with Crippen molar-refractivity contribution in [2.45, 2.75) is 70.5 Å². The van der Waals surface area contributed by atoms with Crippen LogP contribution in [0.25, 0.3) is 0 Å². The van der Waals surface area contributed by atoms with Crippen molar-refractivity contribution in [3.63, 3.8) is 0 Å². The number of carbonyl (C=O) groups excluding carboxylic acids is 1. The highest BCUT2D eigenvalue weighted by atomic mass is 35.5. The van der Waals surface area contributed by atoms with Crippen molar-refractivity contribution in [3.8, 4) is 0 Å². The minimum absolute atomic E-state index is 0. The average molecular weight is 351 g/mol. The summed E-state index contributed by atoms with van der Waals surface area (Å²) in [5, 5.41) is 3.46. The lowest BCUT2D eigenvalue weighted by Crippen LogP contribution is -2.48. The van der Waals surface area contributed by atoms with Crippen molar-refractivity contribution >= 4 is 18.3 Å². The summed E-state index contributed by atoms with van der Waals surface area (Å²) in [6.45, 7) is 3.95. The summed E-state index contributed by atoms with van der Waals surface area (Å²) in [5.41, 5.74) is 1.26. The van der Waals surface area contributed by atoms with E-state index >= 15 is 0 Å². The summed E-state index contributed by atoms with van der Waals surface area (Å²) < 4.78 is 0. The molecule has 1 aliphatic carbocycles. The Morgan fingerprint density at radius 3 is 2.50 bits per heavy atom. The van der Waals surface area contributed by atoms with Crippen LogP contribution in [0, 0.1) is 5.92 Å². The highest BCUT2D eigenvalue weighted by molar-refractivity contribution is 5.85. The molecule has 1 aromatic carbocycles. The second-order valence-corrected chi connectivity index (χ2v) is 7.32. The maximum Gasteiger partial charge on any atom is 0.226 e. The first-order valence-corrected chi connectivity index (χ1v) is 9.32. The highest BCUT2D eigenvalue weighted by Crippen LogP contribution is 2.28. The van der Waals surface area contributed by atoms with Crippen LogP contribution >= 0.6 is 12.4 Å². The first kappa shape index (κ1) is 19.3. The fourth-order valence-electron chi connectivity index (χ4n) is 4.15. The van der Waals surface area contributed by atoms with Gasteiger partial charge in [0.2, 0.25) is 5.91 Å². The molecule has 3 nitrogen and oxygen atoms in total. The lowest BCUT2D eigenvalue weighted by atomic mass is 9.88. The number of hydrogen-bond donors (Lipinski definition) is 1. The molecule has 1 N–H and O–H groups in total. The van der Waals surface area contributed by atoms with Crippen LogP contribution in [0.5, 0.6) is 0 Å². The zero-order valence-electron chi connectivity index (χ0n) is 14.7. The van der Waals surface area contributed by atoms with E-state index in [1.165, 1.54) is 37.7 Å². The van der Waals surface area contributed by atoms with Crippen LogP contribution in [0.15, 0.2) is 30.3 Å². The Morgan fingerprint density at radius 2 is 1.83 bits per heavy atom. The third-order valence-corrected chi connectivity index (χ3v) is 5.47. The number of nitrogens with zero attached hydrogens (tertiary/aromatic N) is 1. The summed E-state index contributed by atoms with van der Waals surface area (Å²) >= 11 is 0. The minimum atomic E-state index is 0. The summed E-state index contributed by atoms with van der Waals surface area (Å²) in [7, 11) is 0. The van der Waals surface area contributed by atoms with E-state index in [1.807, 2.05) is 6.07 Å². The van der Waals surface area contributed by atoms with Crippen molar-refractivity contribution < 1.29 is 4.79 Å². The fourth-order valence-corrected chi connectivity index (χ4v) is 4.15. The number of nitrogens with one attached hydrogen (secondary N) is 1. The van der Waals surface area contributed by atoms with E-state index in [4.69, 9.17) is 0 Å². The van der Waals surface area contributed by atoms with Gasteiger partial charge in [0, 0.05) is 24.5 Å². The van der Waals surface area contributed by atoms with Crippen LogP contribution in [0.1, 0.15) is 57.4 Å². The minimum Gasteiger partial charge on any atom is -0.335 e. The molecule has 1 saturated carbocycles. The van der Waals surface area contributed by atoms with E-state index in [9.17, 15) is 4.79 Å². The standard InChI is InChI=1S/C20H30N2O.ClH/c1-16-14-18(12-13-21-16)20(23)22(19-10-6-3-7-11-19)15-17-8-4-2-5-9-17;/h2,4-5,8-9,16,18-19,21H,3,6-7,10-15H2,1H3;1H/t16-,18-;/m0./s1. The van der Waals surface area contributed by atoms with Crippen LogP contribution in [-0.2, 0) is 11.3 Å². The van der Waals surface area contributed by atoms with Crippen molar-refractivity contribution in [2.24, 2.45) is 5.92 Å². The Balaban J connectivity index is 0.00000208. The molecule has 2 aliphatic rings. The third-order valence-electron chi connectivity index (χ3n) is 5.47. The molecule has 24 heavy (non-hydrogen) atoms. The van der Waals surface area contributed by atoms with Gasteiger partial charge in [-0.05, 0) is 44.7 Å². The van der Waals surface area contributed by atoms with Crippen LogP contribution in [0.2, 0.25) is 0 Å². The first-order valence-electron chi connectivity index (χ1n) is 9.32. The summed E-state index contributed by atoms with van der Waals surface area (Å²) in [4.78, 5) is 15.5. The van der Waals surface area contributed by atoms with Gasteiger partial charge in [-0.2, -0.15) is 0 Å². The lowest BCUT2D eigenvalue weighted by molar-refractivity contribution is -0.140. The van der Waals surface area contributed by atoms with Crippen molar-refractivity contribution in [1.82, 2.24) is 10.2 Å². The van der Waals surface area contributed by atoms with Gasteiger partial charge >= 0.3 is 0 Å². The molecule has 1 aliphatic heterocycles. The quantitative estimate of drug-likeness (QED) is 0.884. The topological polar surface area (TPSA) is 32.3 Å². The van der Waals surface area contributed by atoms with Crippen molar-refractivity contribution in [3.05, 3.63) is 35.9 Å². The van der Waals surface area contributed by atoms with Gasteiger partial charge in [-0.25, -0.2) is 0 Å². The average Bonchev–Trinajstić information content (AvgIpc) is 2.61. The molecule has 0 bridgehead atoms. The van der Waals surface area contributed by atoms with Gasteiger partial charge in [-0.1, -0.05) is 49.6 Å². The highest BCUT2D eigenvalue weighted by Gasteiger charge is 2.32. The van der Waals surface area contributed by atoms with Crippen molar-refractivity contribution in [2.75, 3.05) is 6.54 Å². The number of carbonyl (C=O) groups is 1. The number of benzene rings is 1. The second-order valence-electron chi connectivity index (χ2n) is 7.32. The maximum absolute atomic E-state index is 13.2. The van der Waals surface area contributed by atoms with Gasteiger partial charge in [0.1, 0.15) is 0 Å². The Labute approximate surface area is 152 Å². The summed E-state index contributed by atoms with van der Waals surface area (Å²) in [6, 6.07) is 11.4. The molecule has 2 fully saturated rings. The summed E-state index contributed by atoms with van der Waals surface area (Å²) in [5.74, 6) is 0.603. The third kappa shape index (κ3) is 4.97. The molecular formula is C20H31ClN2O. The Morgan fingerprint density at radius 1 is 1.12 bits per heavy atom. The predicted molar refractivity (Wildman–Crippen MR) is 101 cm³/mol. The lowest BCUT2D eigenvalue weighted by Gasteiger charge is -2.38. The van der Waals surface area contributed by atoms with Crippen LogP contribution in [0.4, 0.5) is 0 Å². The summed E-state index contributed by atoms with van der Waals surface area (Å²) in [6.07, 6.45) is 8.20. The molecule has 3 rings (SSSR count). The van der Waals surface area contributed by atoms with Crippen LogP contribution in [-0.4, -0.2) is 29.4 Å². The molecule has 1 aromatic rings. The Bertz CT molecular complexity index is 502. The van der Waals surface area contributed by atoms with Crippen LogP contribution < -0.4 is 5.32 Å². The molecule has 0 aromatic heterocycles. The van der Waals surface area contributed by atoms with E-state index in [0.29, 0.717) is 18.0 Å².